The first-order valence-corrected chi connectivity index (χ1v) is 6.29. The Balaban J connectivity index is 2.24. The van der Waals surface area contributed by atoms with Gasteiger partial charge in [-0.2, -0.15) is 0 Å². The van der Waals surface area contributed by atoms with Gasteiger partial charge in [0.25, 0.3) is 0 Å². The molecule has 0 fully saturated rings. The van der Waals surface area contributed by atoms with Crippen LogP contribution in [0.5, 0.6) is 5.75 Å². The number of nitrogens with zero attached hydrogens (tertiary/aromatic N) is 3. The second-order valence-corrected chi connectivity index (χ2v) is 4.79. The molecule has 2 rings (SSSR count). The van der Waals surface area contributed by atoms with Crippen LogP contribution in [0.3, 0.4) is 0 Å². The SMILES string of the molecule is Cc1nnc(COc2c(Br)cccc2C(=O)O)n1C. The van der Waals surface area contributed by atoms with Crippen molar-refractivity contribution in [3.8, 4) is 5.75 Å². The second kappa shape index (κ2) is 5.40. The highest BCUT2D eigenvalue weighted by Crippen LogP contribution is 2.29. The van der Waals surface area contributed by atoms with Crippen molar-refractivity contribution in [1.82, 2.24) is 14.8 Å². The average Bonchev–Trinajstić information content (AvgIpc) is 2.68. The van der Waals surface area contributed by atoms with Gasteiger partial charge in [0, 0.05) is 7.05 Å². The number of carboxylic acid groups (broad SMARTS) is 1. The molecule has 0 aliphatic heterocycles. The lowest BCUT2D eigenvalue weighted by Gasteiger charge is -2.10. The minimum absolute atomic E-state index is 0.105. The summed E-state index contributed by atoms with van der Waals surface area (Å²) in [5.41, 5.74) is 0.105. The molecule has 19 heavy (non-hydrogen) atoms. The lowest BCUT2D eigenvalue weighted by molar-refractivity contribution is 0.0691. The highest BCUT2D eigenvalue weighted by atomic mass is 79.9. The molecule has 100 valence electrons. The zero-order valence-electron chi connectivity index (χ0n) is 10.4. The largest absolute Gasteiger partial charge is 0.484 e. The maximum Gasteiger partial charge on any atom is 0.339 e. The van der Waals surface area contributed by atoms with Crippen LogP contribution in [0.1, 0.15) is 22.0 Å². The fraction of sp³-hybridized carbons (Fsp3) is 0.250. The predicted molar refractivity (Wildman–Crippen MR) is 71.2 cm³/mol. The Hall–Kier alpha value is -1.89. The van der Waals surface area contributed by atoms with E-state index in [9.17, 15) is 4.79 Å². The molecule has 0 amide bonds. The summed E-state index contributed by atoms with van der Waals surface area (Å²) in [5.74, 6) is 0.648. The monoisotopic (exact) mass is 325 g/mol. The lowest BCUT2D eigenvalue weighted by Crippen LogP contribution is -2.08. The summed E-state index contributed by atoms with van der Waals surface area (Å²) in [7, 11) is 1.83. The summed E-state index contributed by atoms with van der Waals surface area (Å²) in [4.78, 5) is 11.1. The summed E-state index contributed by atoms with van der Waals surface area (Å²) in [6, 6.07) is 4.86. The van der Waals surface area contributed by atoms with Crippen molar-refractivity contribution in [2.45, 2.75) is 13.5 Å². The Labute approximate surface area is 118 Å². The third kappa shape index (κ3) is 2.76. The number of aromatic nitrogens is 3. The van der Waals surface area contributed by atoms with Crippen molar-refractivity contribution >= 4 is 21.9 Å². The number of benzene rings is 1. The smallest absolute Gasteiger partial charge is 0.339 e. The highest BCUT2D eigenvalue weighted by Gasteiger charge is 2.15. The molecule has 0 aliphatic rings. The molecule has 0 spiro atoms. The van der Waals surface area contributed by atoms with Gasteiger partial charge in [-0.1, -0.05) is 6.07 Å². The first kappa shape index (κ1) is 13.5. The standard InChI is InChI=1S/C12H12BrN3O3/c1-7-14-15-10(16(7)2)6-19-11-8(12(17)18)4-3-5-9(11)13/h3-5H,6H2,1-2H3,(H,17,18). The van der Waals surface area contributed by atoms with Crippen LogP contribution >= 0.6 is 15.9 Å². The molecule has 1 heterocycles. The van der Waals surface area contributed by atoms with E-state index < -0.39 is 5.97 Å². The average molecular weight is 326 g/mol. The van der Waals surface area contributed by atoms with E-state index in [-0.39, 0.29) is 17.9 Å². The summed E-state index contributed by atoms with van der Waals surface area (Å²) >= 11 is 3.28. The highest BCUT2D eigenvalue weighted by molar-refractivity contribution is 9.10. The number of rotatable bonds is 4. The van der Waals surface area contributed by atoms with E-state index in [1.165, 1.54) is 6.07 Å². The maximum atomic E-state index is 11.1. The molecule has 1 aromatic heterocycles. The third-order valence-electron chi connectivity index (χ3n) is 2.73. The molecule has 0 bridgehead atoms. The van der Waals surface area contributed by atoms with E-state index in [2.05, 4.69) is 26.1 Å². The Morgan fingerprint density at radius 2 is 2.21 bits per heavy atom. The first-order chi connectivity index (χ1) is 9.00. The second-order valence-electron chi connectivity index (χ2n) is 3.93. The fourth-order valence-electron chi connectivity index (χ4n) is 1.54. The summed E-state index contributed by atoms with van der Waals surface area (Å²) in [6.07, 6.45) is 0. The van der Waals surface area contributed by atoms with Crippen LogP contribution in [-0.2, 0) is 13.7 Å². The zero-order chi connectivity index (χ0) is 14.0. The molecular formula is C12H12BrN3O3. The molecule has 0 unspecified atom stereocenters. The summed E-state index contributed by atoms with van der Waals surface area (Å²) in [6.45, 7) is 1.98. The molecule has 0 saturated heterocycles. The van der Waals surface area contributed by atoms with E-state index in [1.54, 1.807) is 16.7 Å². The van der Waals surface area contributed by atoms with E-state index in [0.29, 0.717) is 10.3 Å². The predicted octanol–water partition coefficient (Wildman–Crippen LogP) is 2.16. The number of ether oxygens (including phenoxy) is 1. The van der Waals surface area contributed by atoms with E-state index >= 15 is 0 Å². The van der Waals surface area contributed by atoms with Gasteiger partial charge in [-0.15, -0.1) is 10.2 Å². The number of carboxylic acids is 1. The summed E-state index contributed by atoms with van der Waals surface area (Å²) < 4.78 is 7.94. The number of halogens is 1. The Bertz CT molecular complexity index is 625. The van der Waals surface area contributed by atoms with Crippen LogP contribution in [0.15, 0.2) is 22.7 Å². The summed E-state index contributed by atoms with van der Waals surface area (Å²) in [5, 5.41) is 17.0. The van der Waals surface area contributed by atoms with Crippen molar-refractivity contribution in [3.05, 3.63) is 39.9 Å². The number of aryl methyl sites for hydroxylation is 1. The molecule has 0 radical (unpaired) electrons. The van der Waals surface area contributed by atoms with Gasteiger partial charge in [0.1, 0.15) is 23.7 Å². The van der Waals surface area contributed by atoms with Crippen molar-refractivity contribution in [3.63, 3.8) is 0 Å². The van der Waals surface area contributed by atoms with Gasteiger partial charge in [0.05, 0.1) is 4.47 Å². The van der Waals surface area contributed by atoms with Crippen molar-refractivity contribution < 1.29 is 14.6 Å². The minimum Gasteiger partial charge on any atom is -0.484 e. The fourth-order valence-corrected chi connectivity index (χ4v) is 2.02. The van der Waals surface area contributed by atoms with Gasteiger partial charge < -0.3 is 14.4 Å². The molecule has 1 aromatic carbocycles. The van der Waals surface area contributed by atoms with Gasteiger partial charge in [-0.3, -0.25) is 0 Å². The Kier molecular flexibility index (Phi) is 3.84. The normalized spacial score (nSPS) is 10.5. The van der Waals surface area contributed by atoms with Crippen molar-refractivity contribution in [1.29, 1.82) is 0 Å². The van der Waals surface area contributed by atoms with Crippen LogP contribution in [0.25, 0.3) is 0 Å². The molecule has 0 saturated carbocycles. The first-order valence-electron chi connectivity index (χ1n) is 5.50. The quantitative estimate of drug-likeness (QED) is 0.932. The molecule has 1 N–H and O–H groups in total. The molecule has 0 aliphatic carbocycles. The number of aromatic carboxylic acids is 1. The van der Waals surface area contributed by atoms with E-state index in [4.69, 9.17) is 9.84 Å². The number of hydrogen-bond acceptors (Lipinski definition) is 4. The van der Waals surface area contributed by atoms with Crippen LogP contribution in [0.4, 0.5) is 0 Å². The topological polar surface area (TPSA) is 77.2 Å². The van der Waals surface area contributed by atoms with E-state index in [0.717, 1.165) is 5.82 Å². The Morgan fingerprint density at radius 1 is 1.47 bits per heavy atom. The Morgan fingerprint density at radius 3 is 2.79 bits per heavy atom. The molecule has 2 aromatic rings. The zero-order valence-corrected chi connectivity index (χ0v) is 12.0. The molecule has 6 nitrogen and oxygen atoms in total. The van der Waals surface area contributed by atoms with Gasteiger partial charge in [0.15, 0.2) is 5.82 Å². The van der Waals surface area contributed by atoms with Gasteiger partial charge in [-0.25, -0.2) is 4.79 Å². The molecule has 0 atom stereocenters. The van der Waals surface area contributed by atoms with Crippen molar-refractivity contribution in [2.24, 2.45) is 7.05 Å². The molecule has 7 heteroatoms. The third-order valence-corrected chi connectivity index (χ3v) is 3.35. The maximum absolute atomic E-state index is 11.1. The van der Waals surface area contributed by atoms with Crippen LogP contribution in [-0.4, -0.2) is 25.8 Å². The lowest BCUT2D eigenvalue weighted by atomic mass is 10.2. The van der Waals surface area contributed by atoms with E-state index in [1.807, 2.05) is 14.0 Å². The van der Waals surface area contributed by atoms with Gasteiger partial charge in [-0.05, 0) is 35.0 Å². The number of carbonyl (C=O) groups is 1. The van der Waals surface area contributed by atoms with Crippen LogP contribution in [0.2, 0.25) is 0 Å². The minimum atomic E-state index is -1.04. The van der Waals surface area contributed by atoms with Crippen LogP contribution < -0.4 is 4.74 Å². The molecular weight excluding hydrogens is 314 g/mol. The number of para-hydroxylation sites is 1. The van der Waals surface area contributed by atoms with Gasteiger partial charge in [0.2, 0.25) is 0 Å². The number of hydrogen-bond donors (Lipinski definition) is 1. The van der Waals surface area contributed by atoms with Crippen LogP contribution in [0, 0.1) is 6.92 Å². The van der Waals surface area contributed by atoms with Crippen molar-refractivity contribution in [2.75, 3.05) is 0 Å². The van der Waals surface area contributed by atoms with Gasteiger partial charge >= 0.3 is 5.97 Å².